The first kappa shape index (κ1) is 17.0. The molecule has 138 valence electrons. The molecule has 0 spiro atoms. The summed E-state index contributed by atoms with van der Waals surface area (Å²) < 4.78 is 10.9. The topological polar surface area (TPSA) is 116 Å². The smallest absolute Gasteiger partial charge is 0.283 e. The zero-order valence-electron chi connectivity index (χ0n) is 14.3. The fraction of sp³-hybridized carbons (Fsp3) is 0.278. The molecule has 1 saturated heterocycles. The van der Waals surface area contributed by atoms with Gasteiger partial charge in [-0.25, -0.2) is 0 Å². The number of piperidine rings is 1. The first-order valence-corrected chi connectivity index (χ1v) is 8.53. The second-order valence-corrected chi connectivity index (χ2v) is 6.30. The molecule has 3 heterocycles. The molecule has 4 rings (SSSR count). The molecule has 9 nitrogen and oxygen atoms in total. The van der Waals surface area contributed by atoms with Crippen LogP contribution in [0.5, 0.6) is 0 Å². The maximum Gasteiger partial charge on any atom is 0.283 e. The van der Waals surface area contributed by atoms with Crippen molar-refractivity contribution in [1.82, 2.24) is 15.1 Å². The van der Waals surface area contributed by atoms with Gasteiger partial charge >= 0.3 is 0 Å². The first-order valence-electron chi connectivity index (χ1n) is 8.53. The Morgan fingerprint density at radius 1 is 1.19 bits per heavy atom. The molecule has 1 aliphatic rings. The van der Waals surface area contributed by atoms with Crippen LogP contribution in [-0.2, 0) is 0 Å². The van der Waals surface area contributed by atoms with Crippen molar-refractivity contribution in [3.05, 3.63) is 64.2 Å². The van der Waals surface area contributed by atoms with Crippen LogP contribution in [0.25, 0.3) is 11.7 Å². The van der Waals surface area contributed by atoms with Crippen molar-refractivity contribution in [1.29, 1.82) is 0 Å². The van der Waals surface area contributed by atoms with Crippen LogP contribution >= 0.6 is 0 Å². The van der Waals surface area contributed by atoms with Crippen molar-refractivity contribution in [3.8, 4) is 11.7 Å². The second-order valence-electron chi connectivity index (χ2n) is 6.30. The molecule has 3 aromatic rings. The Balaban J connectivity index is 1.41. The molecule has 0 atom stereocenters. The molecule has 0 unspecified atom stereocenters. The van der Waals surface area contributed by atoms with Crippen LogP contribution < -0.4 is 0 Å². The number of carbonyl (C=O) groups is 1. The molecule has 1 aliphatic heterocycles. The molecule has 0 bridgehead atoms. The van der Waals surface area contributed by atoms with E-state index in [-0.39, 0.29) is 17.5 Å². The fourth-order valence-electron chi connectivity index (χ4n) is 3.16. The molecule has 1 aromatic carbocycles. The van der Waals surface area contributed by atoms with Gasteiger partial charge in [0, 0.05) is 36.7 Å². The van der Waals surface area contributed by atoms with E-state index in [4.69, 9.17) is 8.83 Å². The number of hydrogen-bond acceptors (Lipinski definition) is 7. The molecule has 1 fully saturated rings. The quantitative estimate of drug-likeness (QED) is 0.512. The maximum atomic E-state index is 12.6. The van der Waals surface area contributed by atoms with E-state index in [1.165, 1.54) is 24.5 Å². The number of likely N-dealkylation sites (tertiary alicyclic amines) is 1. The van der Waals surface area contributed by atoms with Crippen LogP contribution in [0.4, 0.5) is 5.69 Å². The number of carbonyl (C=O) groups excluding carboxylic acids is 1. The van der Waals surface area contributed by atoms with Gasteiger partial charge < -0.3 is 13.7 Å². The van der Waals surface area contributed by atoms with E-state index in [2.05, 4.69) is 10.2 Å². The molecule has 2 aromatic heterocycles. The summed E-state index contributed by atoms with van der Waals surface area (Å²) in [6, 6.07) is 9.29. The molecular formula is C18H16N4O5. The zero-order valence-corrected chi connectivity index (χ0v) is 14.3. The summed E-state index contributed by atoms with van der Waals surface area (Å²) in [6.07, 6.45) is 2.90. The Morgan fingerprint density at radius 2 is 2.00 bits per heavy atom. The van der Waals surface area contributed by atoms with E-state index in [1.807, 2.05) is 0 Å². The van der Waals surface area contributed by atoms with Crippen LogP contribution in [0.3, 0.4) is 0 Å². The van der Waals surface area contributed by atoms with Crippen molar-refractivity contribution < 1.29 is 18.6 Å². The predicted octanol–water partition coefficient (Wildman–Crippen LogP) is 3.26. The molecule has 0 saturated carbocycles. The number of hydrogen-bond donors (Lipinski definition) is 0. The van der Waals surface area contributed by atoms with Crippen LogP contribution in [0.1, 0.15) is 35.0 Å². The molecule has 9 heteroatoms. The Hall–Kier alpha value is -3.49. The van der Waals surface area contributed by atoms with E-state index in [1.54, 1.807) is 23.1 Å². The first-order chi connectivity index (χ1) is 13.1. The number of non-ortho nitro benzene ring substituents is 1. The second kappa shape index (κ2) is 7.02. The van der Waals surface area contributed by atoms with Crippen LogP contribution in [0.15, 0.2) is 51.5 Å². The predicted molar refractivity (Wildman–Crippen MR) is 93.0 cm³/mol. The summed E-state index contributed by atoms with van der Waals surface area (Å²) in [5, 5.41) is 19.0. The third kappa shape index (κ3) is 3.43. The number of rotatable bonds is 4. The minimum Gasteiger partial charge on any atom is -0.459 e. The van der Waals surface area contributed by atoms with Gasteiger partial charge in [0.2, 0.25) is 5.89 Å². The number of furan rings is 1. The lowest BCUT2D eigenvalue weighted by atomic mass is 9.96. The van der Waals surface area contributed by atoms with Crippen LogP contribution in [0.2, 0.25) is 0 Å². The van der Waals surface area contributed by atoms with Crippen LogP contribution in [0, 0.1) is 10.1 Å². The highest BCUT2D eigenvalue weighted by Crippen LogP contribution is 2.30. The monoisotopic (exact) mass is 368 g/mol. The largest absolute Gasteiger partial charge is 0.459 e. The summed E-state index contributed by atoms with van der Waals surface area (Å²) in [7, 11) is 0. The Labute approximate surface area is 153 Å². The van der Waals surface area contributed by atoms with E-state index in [0.717, 1.165) is 0 Å². The standard InChI is InChI=1S/C18H16N4O5/c23-18(13-3-1-4-14(11-13)22(24)25)21-8-6-12(7-9-21)16-19-20-17(27-16)15-5-2-10-26-15/h1-5,10-12H,6-9H2. The third-order valence-electron chi connectivity index (χ3n) is 4.61. The average Bonchev–Trinajstić information content (AvgIpc) is 3.39. The number of amides is 1. The summed E-state index contributed by atoms with van der Waals surface area (Å²) >= 11 is 0. The van der Waals surface area contributed by atoms with Crippen LogP contribution in [-0.4, -0.2) is 39.0 Å². The summed E-state index contributed by atoms with van der Waals surface area (Å²) in [5.74, 6) is 1.25. The number of aromatic nitrogens is 2. The minimum absolute atomic E-state index is 0.0652. The van der Waals surface area contributed by atoms with Crippen molar-refractivity contribution in [2.45, 2.75) is 18.8 Å². The molecule has 27 heavy (non-hydrogen) atoms. The third-order valence-corrected chi connectivity index (χ3v) is 4.61. The highest BCUT2D eigenvalue weighted by Gasteiger charge is 2.28. The van der Waals surface area contributed by atoms with Crippen molar-refractivity contribution in [2.24, 2.45) is 0 Å². The maximum absolute atomic E-state index is 12.6. The lowest BCUT2D eigenvalue weighted by Crippen LogP contribution is -2.38. The highest BCUT2D eigenvalue weighted by molar-refractivity contribution is 5.94. The van der Waals surface area contributed by atoms with Gasteiger partial charge in [-0.05, 0) is 31.0 Å². The SMILES string of the molecule is O=C(c1cccc([N+](=O)[O-])c1)N1CCC(c2nnc(-c3ccco3)o2)CC1. The number of nitrogens with zero attached hydrogens (tertiary/aromatic N) is 4. The fourth-order valence-corrected chi connectivity index (χ4v) is 3.16. The minimum atomic E-state index is -0.505. The van der Waals surface area contributed by atoms with Gasteiger partial charge in [0.1, 0.15) is 0 Å². The number of nitro benzene ring substituents is 1. The van der Waals surface area contributed by atoms with Crippen molar-refractivity contribution >= 4 is 11.6 Å². The van der Waals surface area contributed by atoms with Gasteiger partial charge in [-0.1, -0.05) is 6.07 Å². The van der Waals surface area contributed by atoms with E-state index >= 15 is 0 Å². The van der Waals surface area contributed by atoms with E-state index in [0.29, 0.717) is 49.0 Å². The van der Waals surface area contributed by atoms with E-state index in [9.17, 15) is 14.9 Å². The van der Waals surface area contributed by atoms with Gasteiger partial charge in [0.25, 0.3) is 17.5 Å². The van der Waals surface area contributed by atoms with Gasteiger partial charge in [-0.15, -0.1) is 10.2 Å². The summed E-state index contributed by atoms with van der Waals surface area (Å²) in [5.41, 5.74) is 0.229. The number of nitro groups is 1. The summed E-state index contributed by atoms with van der Waals surface area (Å²) in [6.45, 7) is 1.04. The van der Waals surface area contributed by atoms with Crippen molar-refractivity contribution in [3.63, 3.8) is 0 Å². The van der Waals surface area contributed by atoms with Gasteiger partial charge in [0.05, 0.1) is 11.2 Å². The Bertz CT molecular complexity index is 958. The summed E-state index contributed by atoms with van der Waals surface area (Å²) in [4.78, 5) is 24.7. The van der Waals surface area contributed by atoms with E-state index < -0.39 is 4.92 Å². The van der Waals surface area contributed by atoms with Gasteiger partial charge in [-0.3, -0.25) is 14.9 Å². The average molecular weight is 368 g/mol. The van der Waals surface area contributed by atoms with Gasteiger partial charge in [-0.2, -0.15) is 0 Å². The molecule has 1 amide bonds. The lowest BCUT2D eigenvalue weighted by Gasteiger charge is -2.30. The zero-order chi connectivity index (χ0) is 18.8. The molecule has 0 aliphatic carbocycles. The number of benzene rings is 1. The molecular weight excluding hydrogens is 352 g/mol. The molecule has 0 radical (unpaired) electrons. The molecule has 0 N–H and O–H groups in total. The normalized spacial score (nSPS) is 15.0. The highest BCUT2D eigenvalue weighted by atomic mass is 16.6. The van der Waals surface area contributed by atoms with Gasteiger partial charge in [0.15, 0.2) is 5.76 Å². The Morgan fingerprint density at radius 3 is 2.70 bits per heavy atom. The van der Waals surface area contributed by atoms with Crippen molar-refractivity contribution in [2.75, 3.05) is 13.1 Å². The lowest BCUT2D eigenvalue weighted by molar-refractivity contribution is -0.384. The Kier molecular flexibility index (Phi) is 4.41.